The average molecular weight is 606 g/mol. The number of hydrogen-bond acceptors (Lipinski definition) is 0. The van der Waals surface area contributed by atoms with Crippen molar-refractivity contribution in [2.45, 2.75) is 6.42 Å². The third-order valence-corrected chi connectivity index (χ3v) is 4.79. The summed E-state index contributed by atoms with van der Waals surface area (Å²) in [6, 6.07) is 39.0. The number of allylic oxidation sites excluding steroid dienone is 4. The minimum Gasteiger partial charge on any atom is -0.358 e. The molecule has 0 atom stereocenters. The first-order valence-corrected chi connectivity index (χ1v) is 10.7. The fourth-order valence-electron chi connectivity index (χ4n) is 3.20. The Bertz CT molecular complexity index is 1150. The summed E-state index contributed by atoms with van der Waals surface area (Å²) in [7, 11) is 0. The van der Waals surface area contributed by atoms with Crippen LogP contribution in [0.3, 0.4) is 0 Å². The Kier molecular flexibility index (Phi) is 14.0. The van der Waals surface area contributed by atoms with Crippen LogP contribution in [0.15, 0.2) is 133 Å². The Morgan fingerprint density at radius 1 is 0.588 bits per heavy atom. The molecule has 0 nitrogen and oxygen atoms in total. The molecule has 0 fully saturated rings. The SMILES string of the molecule is [C-]1=CC=CC1.[CH2-]c1ccccc1.[CH2-]c1ccccc1.[CH3-].[Hf].c1ccc2c(c1)[cH-]c1ccccc12. The summed E-state index contributed by atoms with van der Waals surface area (Å²) in [5, 5.41) is 5.39. The molecule has 1 aliphatic carbocycles. The molecule has 0 N–H and O–H groups in total. The van der Waals surface area contributed by atoms with Crippen molar-refractivity contribution in [2.75, 3.05) is 0 Å². The molecule has 0 saturated carbocycles. The number of fused-ring (bicyclic) bond motifs is 3. The van der Waals surface area contributed by atoms with Crippen molar-refractivity contribution in [3.8, 4) is 0 Å². The maximum atomic E-state index is 3.72. The van der Waals surface area contributed by atoms with Crippen LogP contribution in [0, 0.1) is 27.4 Å². The Labute approximate surface area is 224 Å². The van der Waals surface area contributed by atoms with E-state index in [9.17, 15) is 0 Å². The van der Waals surface area contributed by atoms with Gasteiger partial charge in [-0.1, -0.05) is 48.5 Å². The first-order valence-electron chi connectivity index (χ1n) is 10.7. The third-order valence-electron chi connectivity index (χ3n) is 4.79. The molecule has 0 amide bonds. The van der Waals surface area contributed by atoms with E-state index >= 15 is 0 Å². The molecule has 0 radical (unpaired) electrons. The van der Waals surface area contributed by atoms with Gasteiger partial charge < -0.3 is 7.43 Å². The van der Waals surface area contributed by atoms with Crippen LogP contribution in [-0.4, -0.2) is 0 Å². The van der Waals surface area contributed by atoms with Crippen molar-refractivity contribution in [1.82, 2.24) is 0 Å². The smallest absolute Gasteiger partial charge is 0 e. The Balaban J connectivity index is 0.000000239. The summed E-state index contributed by atoms with van der Waals surface area (Å²) in [6.45, 7) is 7.44. The van der Waals surface area contributed by atoms with Crippen molar-refractivity contribution in [3.63, 3.8) is 0 Å². The summed E-state index contributed by atoms with van der Waals surface area (Å²) < 4.78 is 0. The average Bonchev–Trinajstić information content (AvgIpc) is 3.53. The van der Waals surface area contributed by atoms with Crippen molar-refractivity contribution >= 4 is 21.5 Å². The summed E-state index contributed by atoms with van der Waals surface area (Å²) in [5.74, 6) is 0. The van der Waals surface area contributed by atoms with Gasteiger partial charge in [-0.2, -0.15) is 55.3 Å². The van der Waals surface area contributed by atoms with Gasteiger partial charge >= 0.3 is 0 Å². The molecule has 0 heterocycles. The summed E-state index contributed by atoms with van der Waals surface area (Å²) in [5.41, 5.74) is 2.14. The van der Waals surface area contributed by atoms with Gasteiger partial charge in [-0.15, -0.1) is 70.4 Å². The van der Waals surface area contributed by atoms with Gasteiger partial charge in [-0.05, 0) is 0 Å². The van der Waals surface area contributed by atoms with Gasteiger partial charge in [-0.3, -0.25) is 6.08 Å². The van der Waals surface area contributed by atoms with Gasteiger partial charge in [0.25, 0.3) is 0 Å². The van der Waals surface area contributed by atoms with Crippen LogP contribution in [-0.2, 0) is 25.8 Å². The number of benzene rings is 4. The molecule has 0 aromatic heterocycles. The second kappa shape index (κ2) is 16.5. The Morgan fingerprint density at radius 3 is 1.29 bits per heavy atom. The predicted octanol–water partition coefficient (Wildman–Crippen LogP) is 9.20. The standard InChI is InChI=1S/C13H9.2C7H7.C5H5.CH3.Hf/c1-3-7-12-10(5-1)9-11-6-2-4-8-13(11)12;2*1-7-5-3-2-4-6-7;1-2-4-5-3-1;;/h1-9H;2*2-6H,1H2;1-3H,4H2;1H3;/q5*-1;. The molecule has 0 saturated heterocycles. The van der Waals surface area contributed by atoms with E-state index in [4.69, 9.17) is 0 Å². The minimum atomic E-state index is 0. The van der Waals surface area contributed by atoms with Crippen molar-refractivity contribution in [2.24, 2.45) is 0 Å². The molecule has 0 unspecified atom stereocenters. The van der Waals surface area contributed by atoms with E-state index in [0.717, 1.165) is 17.5 Å². The van der Waals surface area contributed by atoms with Crippen LogP contribution in [0.1, 0.15) is 17.5 Å². The third kappa shape index (κ3) is 9.77. The molecule has 1 aliphatic rings. The zero-order chi connectivity index (χ0) is 22.4. The van der Waals surface area contributed by atoms with Gasteiger partial charge in [0.2, 0.25) is 0 Å². The van der Waals surface area contributed by atoms with E-state index in [1.165, 1.54) is 21.5 Å². The molecular formula is C33H31Hf-5. The maximum absolute atomic E-state index is 3.72. The Morgan fingerprint density at radius 2 is 1.00 bits per heavy atom. The number of rotatable bonds is 0. The topological polar surface area (TPSA) is 0 Å². The predicted molar refractivity (Wildman–Crippen MR) is 147 cm³/mol. The van der Waals surface area contributed by atoms with Gasteiger partial charge in [-0.25, -0.2) is 12.2 Å². The van der Waals surface area contributed by atoms with Crippen molar-refractivity contribution in [3.05, 3.63) is 172 Å². The van der Waals surface area contributed by atoms with E-state index in [2.05, 4.69) is 80.6 Å². The van der Waals surface area contributed by atoms with Gasteiger partial charge in [0.15, 0.2) is 0 Å². The van der Waals surface area contributed by atoms with Crippen LogP contribution in [0.25, 0.3) is 21.5 Å². The second-order valence-corrected chi connectivity index (χ2v) is 7.29. The summed E-state index contributed by atoms with van der Waals surface area (Å²) >= 11 is 0. The van der Waals surface area contributed by atoms with Crippen LogP contribution in [0.5, 0.6) is 0 Å². The fraction of sp³-hybridized carbons (Fsp3) is 0.0303. The van der Waals surface area contributed by atoms with Crippen molar-refractivity contribution < 1.29 is 25.8 Å². The number of hydrogen-bond donors (Lipinski definition) is 0. The van der Waals surface area contributed by atoms with Crippen LogP contribution < -0.4 is 0 Å². The van der Waals surface area contributed by atoms with E-state index in [1.807, 2.05) is 72.8 Å². The van der Waals surface area contributed by atoms with E-state index < -0.39 is 0 Å². The molecule has 0 bridgehead atoms. The van der Waals surface area contributed by atoms with Gasteiger partial charge in [0.05, 0.1) is 0 Å². The first kappa shape index (κ1) is 28.9. The van der Waals surface area contributed by atoms with Crippen LogP contribution in [0.2, 0.25) is 0 Å². The van der Waals surface area contributed by atoms with Gasteiger partial charge in [0.1, 0.15) is 0 Å². The van der Waals surface area contributed by atoms with Crippen molar-refractivity contribution in [1.29, 1.82) is 0 Å². The molecule has 0 aliphatic heterocycles. The molecule has 1 heteroatoms. The van der Waals surface area contributed by atoms with E-state index in [0.29, 0.717) is 0 Å². The molecule has 172 valence electrons. The molecule has 34 heavy (non-hydrogen) atoms. The molecule has 5 aromatic carbocycles. The maximum Gasteiger partial charge on any atom is 0 e. The quantitative estimate of drug-likeness (QED) is 0.122. The summed E-state index contributed by atoms with van der Waals surface area (Å²) in [4.78, 5) is 0. The first-order chi connectivity index (χ1) is 15.7. The van der Waals surface area contributed by atoms with Gasteiger partial charge in [0, 0.05) is 25.8 Å². The Hall–Kier alpha value is -3.16. The minimum absolute atomic E-state index is 0. The van der Waals surface area contributed by atoms with E-state index in [-0.39, 0.29) is 33.3 Å². The zero-order valence-electron chi connectivity index (χ0n) is 19.8. The molecule has 0 spiro atoms. The monoisotopic (exact) mass is 607 g/mol. The summed E-state index contributed by atoms with van der Waals surface area (Å²) in [6.07, 6.45) is 10.0. The second-order valence-electron chi connectivity index (χ2n) is 7.29. The van der Waals surface area contributed by atoms with E-state index in [1.54, 1.807) is 0 Å². The molecular weight excluding hydrogens is 575 g/mol. The normalized spacial score (nSPS) is 10.4. The van der Waals surface area contributed by atoms with Crippen LogP contribution >= 0.6 is 0 Å². The fourth-order valence-corrected chi connectivity index (χ4v) is 3.20. The molecule has 5 aromatic rings. The zero-order valence-corrected chi connectivity index (χ0v) is 23.4. The largest absolute Gasteiger partial charge is 0.358 e. The molecule has 6 rings (SSSR count). The van der Waals surface area contributed by atoms with Crippen LogP contribution in [0.4, 0.5) is 0 Å².